The molecule has 0 unspecified atom stereocenters. The summed E-state index contributed by atoms with van der Waals surface area (Å²) in [4.78, 5) is 16.5. The van der Waals surface area contributed by atoms with E-state index in [0.717, 1.165) is 61.8 Å². The number of hydrogen-bond acceptors (Lipinski definition) is 7. The van der Waals surface area contributed by atoms with E-state index in [9.17, 15) is 0 Å². The molecule has 3 aliphatic rings. The summed E-state index contributed by atoms with van der Waals surface area (Å²) in [5, 5.41) is 11.5. The fourth-order valence-electron chi connectivity index (χ4n) is 5.56. The highest BCUT2D eigenvalue weighted by Crippen LogP contribution is 2.40. The van der Waals surface area contributed by atoms with E-state index in [1.54, 1.807) is 0 Å². The van der Waals surface area contributed by atoms with Crippen molar-refractivity contribution >= 4 is 28.5 Å². The second-order valence-electron chi connectivity index (χ2n) is 9.10. The van der Waals surface area contributed by atoms with Crippen LogP contribution in [0.2, 0.25) is 0 Å². The predicted molar refractivity (Wildman–Crippen MR) is 123 cm³/mol. The van der Waals surface area contributed by atoms with Gasteiger partial charge in [0.25, 0.3) is 0 Å². The lowest BCUT2D eigenvalue weighted by Gasteiger charge is -2.43. The van der Waals surface area contributed by atoms with Crippen LogP contribution in [0, 0.1) is 0 Å². The monoisotopic (exact) mass is 418 g/mol. The normalized spacial score (nSPS) is 20.7. The van der Waals surface area contributed by atoms with Crippen LogP contribution >= 0.6 is 0 Å². The highest BCUT2D eigenvalue weighted by atomic mass is 15.2. The van der Waals surface area contributed by atoms with Gasteiger partial charge in [-0.15, -0.1) is 0 Å². The molecule has 8 nitrogen and oxygen atoms in total. The first-order chi connectivity index (χ1) is 15.3. The summed E-state index contributed by atoms with van der Waals surface area (Å²) in [5.74, 6) is 1.39. The fourth-order valence-corrected chi connectivity index (χ4v) is 5.56. The second kappa shape index (κ2) is 7.76. The van der Waals surface area contributed by atoms with Crippen molar-refractivity contribution < 1.29 is 0 Å². The van der Waals surface area contributed by atoms with Crippen LogP contribution in [-0.4, -0.2) is 52.2 Å². The number of pyridine rings is 1. The number of fused-ring (bicyclic) bond motifs is 4. The van der Waals surface area contributed by atoms with Gasteiger partial charge in [0.1, 0.15) is 11.5 Å². The van der Waals surface area contributed by atoms with E-state index in [4.69, 9.17) is 4.98 Å². The van der Waals surface area contributed by atoms with Crippen molar-refractivity contribution in [2.75, 3.05) is 42.9 Å². The quantitative estimate of drug-likeness (QED) is 0.603. The van der Waals surface area contributed by atoms with Crippen LogP contribution in [0.15, 0.2) is 30.6 Å². The van der Waals surface area contributed by atoms with Crippen LogP contribution < -0.4 is 20.9 Å². The molecule has 0 radical (unpaired) electrons. The van der Waals surface area contributed by atoms with Crippen molar-refractivity contribution in [2.45, 2.75) is 44.2 Å². The molecule has 1 aliphatic carbocycles. The number of nitrogens with one attached hydrogen (secondary N) is 3. The molecular weight excluding hydrogens is 388 g/mol. The minimum Gasteiger partial charge on any atom is -0.368 e. The topological polar surface area (TPSA) is 82.9 Å². The molecule has 1 saturated heterocycles. The van der Waals surface area contributed by atoms with Gasteiger partial charge in [-0.3, -0.25) is 0 Å². The number of nitrogens with zero attached hydrogens (tertiary/aromatic N) is 5. The Hall–Kier alpha value is -2.71. The lowest BCUT2D eigenvalue weighted by molar-refractivity contribution is 0.168. The Morgan fingerprint density at radius 3 is 2.65 bits per heavy atom. The maximum atomic E-state index is 4.96. The average molecular weight is 419 g/mol. The zero-order valence-electron chi connectivity index (χ0n) is 17.9. The molecule has 8 heteroatoms. The Bertz CT molecular complexity index is 1060. The van der Waals surface area contributed by atoms with Crippen LogP contribution in [0.3, 0.4) is 0 Å². The molecule has 3 aromatic rings. The zero-order chi connectivity index (χ0) is 20.7. The molecule has 162 valence electrons. The molecule has 0 amide bonds. The molecule has 1 saturated carbocycles. The third kappa shape index (κ3) is 3.43. The van der Waals surface area contributed by atoms with Crippen LogP contribution in [-0.2, 0) is 12.1 Å². The minimum atomic E-state index is 0.155. The van der Waals surface area contributed by atoms with Gasteiger partial charge in [0, 0.05) is 56.5 Å². The van der Waals surface area contributed by atoms with E-state index in [0.29, 0.717) is 5.95 Å². The van der Waals surface area contributed by atoms with E-state index in [2.05, 4.69) is 47.5 Å². The third-order valence-electron chi connectivity index (χ3n) is 7.11. The molecule has 3 aromatic heterocycles. The van der Waals surface area contributed by atoms with Crippen molar-refractivity contribution in [3.8, 4) is 0 Å². The highest BCUT2D eigenvalue weighted by Gasteiger charge is 2.38. The van der Waals surface area contributed by atoms with E-state index < -0.39 is 0 Å². The van der Waals surface area contributed by atoms with Crippen LogP contribution in [0.5, 0.6) is 0 Å². The van der Waals surface area contributed by atoms with Gasteiger partial charge in [-0.2, -0.15) is 4.98 Å². The van der Waals surface area contributed by atoms with Gasteiger partial charge in [-0.05, 0) is 31.0 Å². The molecule has 2 fully saturated rings. The zero-order valence-corrected chi connectivity index (χ0v) is 17.9. The van der Waals surface area contributed by atoms with Crippen molar-refractivity contribution in [2.24, 2.45) is 0 Å². The summed E-state index contributed by atoms with van der Waals surface area (Å²) in [7, 11) is 0. The molecule has 0 bridgehead atoms. The summed E-state index contributed by atoms with van der Waals surface area (Å²) in [6.07, 6.45) is 10.3. The van der Waals surface area contributed by atoms with E-state index in [1.807, 2.05) is 18.5 Å². The standard InChI is InChI=1S/C23H30N8/c1-2-6-23(7-3-1)16-25-14-19-12-17-13-27-22(29-21(17)31(19)23)28-20-5-4-18(15-26-20)30-10-8-24-9-11-30/h4-5,12-13,15,24-25H,1-3,6-11,14,16H2,(H,26,27,28,29). The minimum absolute atomic E-state index is 0.155. The summed E-state index contributed by atoms with van der Waals surface area (Å²) < 4.78 is 2.52. The predicted octanol–water partition coefficient (Wildman–Crippen LogP) is 2.74. The number of piperazine rings is 1. The van der Waals surface area contributed by atoms with Gasteiger partial charge in [0.2, 0.25) is 5.95 Å². The number of hydrogen-bond donors (Lipinski definition) is 3. The number of anilines is 3. The Morgan fingerprint density at radius 2 is 1.84 bits per heavy atom. The van der Waals surface area contributed by atoms with Crippen molar-refractivity contribution in [1.82, 2.24) is 30.2 Å². The van der Waals surface area contributed by atoms with Crippen molar-refractivity contribution in [3.05, 3.63) is 36.3 Å². The van der Waals surface area contributed by atoms with Gasteiger partial charge >= 0.3 is 0 Å². The van der Waals surface area contributed by atoms with Gasteiger partial charge in [-0.25, -0.2) is 9.97 Å². The largest absolute Gasteiger partial charge is 0.368 e. The first-order valence-electron chi connectivity index (χ1n) is 11.6. The van der Waals surface area contributed by atoms with Gasteiger partial charge in [0.05, 0.1) is 17.4 Å². The maximum absolute atomic E-state index is 4.96. The molecule has 0 aromatic carbocycles. The first-order valence-corrected chi connectivity index (χ1v) is 11.6. The Kier molecular flexibility index (Phi) is 4.76. The maximum Gasteiger partial charge on any atom is 0.230 e. The van der Waals surface area contributed by atoms with Crippen LogP contribution in [0.25, 0.3) is 11.0 Å². The second-order valence-corrected chi connectivity index (χ2v) is 9.10. The molecule has 6 rings (SSSR count). The van der Waals surface area contributed by atoms with Gasteiger partial charge in [0.15, 0.2) is 0 Å². The average Bonchev–Trinajstić information content (AvgIpc) is 3.20. The fraction of sp³-hybridized carbons (Fsp3) is 0.522. The number of aromatic nitrogens is 4. The molecule has 1 spiro atoms. The molecule has 2 aliphatic heterocycles. The van der Waals surface area contributed by atoms with Crippen molar-refractivity contribution in [1.29, 1.82) is 0 Å². The summed E-state index contributed by atoms with van der Waals surface area (Å²) in [6, 6.07) is 6.40. The Morgan fingerprint density at radius 1 is 0.968 bits per heavy atom. The Labute approximate surface area is 182 Å². The SMILES string of the molecule is c1cc(Nc2ncc3cc4n(c3n2)C2(CCCCC2)CNC4)ncc1N1CCNCC1. The van der Waals surface area contributed by atoms with Gasteiger partial charge < -0.3 is 25.4 Å². The van der Waals surface area contributed by atoms with Crippen LogP contribution in [0.4, 0.5) is 17.5 Å². The molecule has 5 heterocycles. The Balaban J connectivity index is 1.29. The molecule has 31 heavy (non-hydrogen) atoms. The van der Waals surface area contributed by atoms with E-state index in [1.165, 1.54) is 37.8 Å². The molecule has 0 atom stereocenters. The summed E-state index contributed by atoms with van der Waals surface area (Å²) in [6.45, 7) is 6.01. The lowest BCUT2D eigenvalue weighted by atomic mass is 9.80. The first kappa shape index (κ1) is 19.0. The van der Waals surface area contributed by atoms with Crippen LogP contribution in [0.1, 0.15) is 37.8 Å². The number of rotatable bonds is 3. The van der Waals surface area contributed by atoms with Crippen molar-refractivity contribution in [3.63, 3.8) is 0 Å². The van der Waals surface area contributed by atoms with E-state index >= 15 is 0 Å². The molecular formula is C23H30N8. The van der Waals surface area contributed by atoms with E-state index in [-0.39, 0.29) is 5.54 Å². The lowest BCUT2D eigenvalue weighted by Crippen LogP contribution is -2.49. The van der Waals surface area contributed by atoms with Gasteiger partial charge in [-0.1, -0.05) is 19.3 Å². The smallest absolute Gasteiger partial charge is 0.230 e. The summed E-state index contributed by atoms with van der Waals surface area (Å²) in [5.41, 5.74) is 3.69. The molecule has 3 N–H and O–H groups in total. The third-order valence-corrected chi connectivity index (χ3v) is 7.11. The highest BCUT2D eigenvalue weighted by molar-refractivity contribution is 5.78. The summed E-state index contributed by atoms with van der Waals surface area (Å²) >= 11 is 0.